The van der Waals surface area contributed by atoms with E-state index < -0.39 is 30.0 Å². The van der Waals surface area contributed by atoms with Crippen molar-refractivity contribution in [3.05, 3.63) is 38.9 Å². The van der Waals surface area contributed by atoms with E-state index in [1.165, 1.54) is 0 Å². The van der Waals surface area contributed by atoms with E-state index in [0.717, 1.165) is 18.2 Å². The first-order valence-electron chi connectivity index (χ1n) is 4.99. The molecule has 1 aromatic carbocycles. The van der Waals surface area contributed by atoms with Crippen LogP contribution in [0.2, 0.25) is 5.02 Å². The number of rotatable bonds is 4. The van der Waals surface area contributed by atoms with Crippen LogP contribution in [0.3, 0.4) is 0 Å². The molecule has 0 bridgehead atoms. The first-order valence-corrected chi connectivity index (χ1v) is 5.37. The number of nitro groups is 1. The molecule has 0 saturated carbocycles. The number of carbonyl (C=O) groups is 1. The molecule has 0 fully saturated rings. The minimum Gasteiger partial charge on any atom is -0.352 e. The molecule has 9 heteroatoms. The standard InChI is InChI=1S/C10H8ClF3N2O3/c11-8-5-6(16(18)19)1-2-7(8)9(17)15-4-3-10(12,13)14/h1-2,5H,3-4H2,(H,15,17). The van der Waals surface area contributed by atoms with Crippen molar-refractivity contribution in [2.45, 2.75) is 12.6 Å². The van der Waals surface area contributed by atoms with Gasteiger partial charge < -0.3 is 5.32 Å². The van der Waals surface area contributed by atoms with Crippen molar-refractivity contribution in [3.63, 3.8) is 0 Å². The summed E-state index contributed by atoms with van der Waals surface area (Å²) in [5.74, 6) is -0.816. The van der Waals surface area contributed by atoms with Crippen LogP contribution >= 0.6 is 11.6 Å². The van der Waals surface area contributed by atoms with E-state index in [1.807, 2.05) is 5.32 Å². The van der Waals surface area contributed by atoms with Crippen LogP contribution in [0, 0.1) is 10.1 Å². The molecule has 0 spiro atoms. The molecule has 1 amide bonds. The Hall–Kier alpha value is -1.83. The van der Waals surface area contributed by atoms with Crippen molar-refractivity contribution in [3.8, 4) is 0 Å². The Morgan fingerprint density at radius 2 is 2.05 bits per heavy atom. The summed E-state index contributed by atoms with van der Waals surface area (Å²) in [4.78, 5) is 21.2. The van der Waals surface area contributed by atoms with Gasteiger partial charge in [-0.2, -0.15) is 13.2 Å². The maximum Gasteiger partial charge on any atom is 0.390 e. The quantitative estimate of drug-likeness (QED) is 0.686. The van der Waals surface area contributed by atoms with Gasteiger partial charge in [0.1, 0.15) is 0 Å². The van der Waals surface area contributed by atoms with Gasteiger partial charge >= 0.3 is 6.18 Å². The zero-order valence-corrected chi connectivity index (χ0v) is 10.1. The van der Waals surface area contributed by atoms with Gasteiger partial charge in [0.2, 0.25) is 0 Å². The molecule has 0 atom stereocenters. The number of hydrogen-bond acceptors (Lipinski definition) is 3. The molecule has 0 unspecified atom stereocenters. The van der Waals surface area contributed by atoms with Gasteiger partial charge in [0.05, 0.1) is 21.9 Å². The van der Waals surface area contributed by atoms with Gasteiger partial charge in [-0.3, -0.25) is 14.9 Å². The van der Waals surface area contributed by atoms with E-state index in [9.17, 15) is 28.1 Å². The molecule has 1 rings (SSSR count). The van der Waals surface area contributed by atoms with Crippen LogP contribution in [0.1, 0.15) is 16.8 Å². The summed E-state index contributed by atoms with van der Waals surface area (Å²) in [6, 6.07) is 3.09. The summed E-state index contributed by atoms with van der Waals surface area (Å²) in [7, 11) is 0. The Bertz CT molecular complexity index is 505. The maximum atomic E-state index is 11.9. The molecular formula is C10H8ClF3N2O3. The first-order chi connectivity index (χ1) is 8.70. The molecule has 0 saturated heterocycles. The lowest BCUT2D eigenvalue weighted by Gasteiger charge is -2.08. The van der Waals surface area contributed by atoms with E-state index >= 15 is 0 Å². The largest absolute Gasteiger partial charge is 0.390 e. The number of hydrogen-bond donors (Lipinski definition) is 1. The minimum absolute atomic E-state index is 0.116. The molecule has 0 radical (unpaired) electrons. The van der Waals surface area contributed by atoms with Crippen LogP contribution < -0.4 is 5.32 Å². The van der Waals surface area contributed by atoms with Crippen molar-refractivity contribution in [2.24, 2.45) is 0 Å². The molecule has 0 aromatic heterocycles. The van der Waals surface area contributed by atoms with Crippen LogP contribution in [-0.2, 0) is 0 Å². The summed E-state index contributed by atoms with van der Waals surface area (Å²) in [5.41, 5.74) is -0.425. The molecule has 0 aliphatic rings. The molecule has 104 valence electrons. The number of nitro benzene ring substituents is 1. The highest BCUT2D eigenvalue weighted by Gasteiger charge is 2.26. The second-order valence-electron chi connectivity index (χ2n) is 3.54. The number of carbonyl (C=O) groups excluding carboxylic acids is 1. The number of nitrogens with one attached hydrogen (secondary N) is 1. The van der Waals surface area contributed by atoms with Gasteiger partial charge in [0, 0.05) is 18.7 Å². The fourth-order valence-electron chi connectivity index (χ4n) is 1.21. The Morgan fingerprint density at radius 1 is 1.42 bits per heavy atom. The number of non-ortho nitro benzene ring substituents is 1. The molecule has 0 aliphatic carbocycles. The number of benzene rings is 1. The molecule has 1 N–H and O–H groups in total. The number of nitrogens with zero attached hydrogens (tertiary/aromatic N) is 1. The first kappa shape index (κ1) is 15.2. The van der Waals surface area contributed by atoms with E-state index in [4.69, 9.17) is 11.6 Å². The van der Waals surface area contributed by atoms with Crippen LogP contribution in [0.15, 0.2) is 18.2 Å². The van der Waals surface area contributed by atoms with E-state index in [2.05, 4.69) is 0 Å². The second kappa shape index (κ2) is 5.87. The zero-order chi connectivity index (χ0) is 14.6. The van der Waals surface area contributed by atoms with Crippen molar-refractivity contribution >= 4 is 23.2 Å². The number of alkyl halides is 3. The molecule has 19 heavy (non-hydrogen) atoms. The maximum absolute atomic E-state index is 11.9. The lowest BCUT2D eigenvalue weighted by Crippen LogP contribution is -2.28. The Balaban J connectivity index is 2.70. The smallest absolute Gasteiger partial charge is 0.352 e. The predicted molar refractivity (Wildman–Crippen MR) is 61.1 cm³/mol. The summed E-state index contributed by atoms with van der Waals surface area (Å²) in [6.45, 7) is -0.588. The third-order valence-corrected chi connectivity index (χ3v) is 2.41. The third kappa shape index (κ3) is 4.74. The van der Waals surface area contributed by atoms with Gasteiger partial charge in [-0.15, -0.1) is 0 Å². The predicted octanol–water partition coefficient (Wildman–Crippen LogP) is 2.93. The van der Waals surface area contributed by atoms with E-state index in [-0.39, 0.29) is 16.3 Å². The lowest BCUT2D eigenvalue weighted by atomic mass is 10.2. The average Bonchev–Trinajstić information content (AvgIpc) is 2.26. The van der Waals surface area contributed by atoms with Crippen molar-refractivity contribution in [1.82, 2.24) is 5.32 Å². The topological polar surface area (TPSA) is 72.2 Å². The normalized spacial score (nSPS) is 11.2. The highest BCUT2D eigenvalue weighted by Crippen LogP contribution is 2.23. The summed E-state index contributed by atoms with van der Waals surface area (Å²) in [6.07, 6.45) is -5.53. The SMILES string of the molecule is O=C(NCCC(F)(F)F)c1ccc([N+](=O)[O-])cc1Cl. The molecule has 0 aliphatic heterocycles. The van der Waals surface area contributed by atoms with Gasteiger partial charge in [-0.05, 0) is 6.07 Å². The summed E-state index contributed by atoms with van der Waals surface area (Å²) in [5, 5.41) is 12.3. The second-order valence-corrected chi connectivity index (χ2v) is 3.95. The fraction of sp³-hybridized carbons (Fsp3) is 0.300. The lowest BCUT2D eigenvalue weighted by molar-refractivity contribution is -0.384. The Kier molecular flexibility index (Phi) is 4.71. The van der Waals surface area contributed by atoms with Crippen LogP contribution in [0.5, 0.6) is 0 Å². The van der Waals surface area contributed by atoms with Crippen LogP contribution in [-0.4, -0.2) is 23.6 Å². The van der Waals surface area contributed by atoms with Crippen molar-refractivity contribution in [1.29, 1.82) is 0 Å². The van der Waals surface area contributed by atoms with Gasteiger partial charge in [-0.1, -0.05) is 11.6 Å². The third-order valence-electron chi connectivity index (χ3n) is 2.10. The molecule has 0 heterocycles. The summed E-state index contributed by atoms with van der Waals surface area (Å²) < 4.78 is 35.6. The van der Waals surface area contributed by atoms with Crippen molar-refractivity contribution in [2.75, 3.05) is 6.54 Å². The summed E-state index contributed by atoms with van der Waals surface area (Å²) >= 11 is 5.65. The highest BCUT2D eigenvalue weighted by molar-refractivity contribution is 6.34. The number of amides is 1. The van der Waals surface area contributed by atoms with E-state index in [0.29, 0.717) is 0 Å². The molecule has 1 aromatic rings. The average molecular weight is 297 g/mol. The zero-order valence-electron chi connectivity index (χ0n) is 9.33. The minimum atomic E-state index is -4.37. The van der Waals surface area contributed by atoms with Crippen molar-refractivity contribution < 1.29 is 22.9 Å². The Labute approximate surface area is 110 Å². The van der Waals surface area contributed by atoms with Gasteiger partial charge in [-0.25, -0.2) is 0 Å². The van der Waals surface area contributed by atoms with Gasteiger partial charge in [0.25, 0.3) is 11.6 Å². The van der Waals surface area contributed by atoms with E-state index in [1.54, 1.807) is 0 Å². The molecule has 5 nitrogen and oxygen atoms in total. The Morgan fingerprint density at radius 3 is 2.53 bits per heavy atom. The number of halogens is 4. The fourth-order valence-corrected chi connectivity index (χ4v) is 1.48. The van der Waals surface area contributed by atoms with Gasteiger partial charge in [0.15, 0.2) is 0 Å². The van der Waals surface area contributed by atoms with Crippen LogP contribution in [0.4, 0.5) is 18.9 Å². The van der Waals surface area contributed by atoms with Crippen LogP contribution in [0.25, 0.3) is 0 Å². The monoisotopic (exact) mass is 296 g/mol. The molecular weight excluding hydrogens is 289 g/mol. The highest BCUT2D eigenvalue weighted by atomic mass is 35.5.